The van der Waals surface area contributed by atoms with Crippen molar-refractivity contribution >= 4 is 55.5 Å². The van der Waals surface area contributed by atoms with Crippen molar-refractivity contribution in [1.82, 2.24) is 0 Å². The molecular weight excluding hydrogens is 506 g/mol. The lowest BCUT2D eigenvalue weighted by Crippen LogP contribution is -2.21. The number of alkyl halides is 1. The summed E-state index contributed by atoms with van der Waals surface area (Å²) in [6.07, 6.45) is 11.5. The highest BCUT2D eigenvalue weighted by Gasteiger charge is 2.21. The molecule has 2 heterocycles. The van der Waals surface area contributed by atoms with E-state index in [-0.39, 0.29) is 53.5 Å². The number of hydrogen-bond donors (Lipinski definition) is 1. The van der Waals surface area contributed by atoms with Crippen LogP contribution in [0, 0.1) is 5.92 Å². The third kappa shape index (κ3) is 5.34. The Morgan fingerprint density at radius 1 is 1.55 bits per heavy atom. The number of carbonyl (C=O) groups excluding carboxylic acids is 1. The quantitative estimate of drug-likeness (QED) is 0.248. The smallest absolute Gasteiger partial charge is 0.159 e. The van der Waals surface area contributed by atoms with Crippen LogP contribution >= 0.6 is 41.5 Å². The molecule has 2 rings (SSSR count). The minimum atomic E-state index is -0.329. The first kappa shape index (κ1) is 17.9. The van der Waals surface area contributed by atoms with Crippen molar-refractivity contribution in [3.8, 4) is 0 Å². The molecule has 1 N–H and O–H groups in total. The molecule has 0 aromatic carbocycles. The van der Waals surface area contributed by atoms with Gasteiger partial charge >= 0.3 is 0 Å². The van der Waals surface area contributed by atoms with Gasteiger partial charge in [-0.15, -0.1) is 0 Å². The maximum atomic E-state index is 10.8. The highest BCUT2D eigenvalue weighted by atomic mass is 127. The average molecular weight is 526 g/mol. The Labute approximate surface area is 151 Å². The number of ether oxygens (including phenoxy) is 1. The van der Waals surface area contributed by atoms with Crippen LogP contribution in [-0.4, -0.2) is 29.6 Å². The standard InChI is InChI=1S/C17H20I2O3/c1-12(11-20)6-7-14-9-15(13(2)21)10-19-17(14)22-16-5-3-4-8-18-16/h3-6,8-9,11,13,15,21H,7,10H2,1-2H3/t13-,15?/m1/s1. The van der Waals surface area contributed by atoms with Gasteiger partial charge in [-0.3, -0.25) is 4.79 Å². The number of carbonyl (C=O) groups is 1. The van der Waals surface area contributed by atoms with Crippen LogP contribution in [0.4, 0.5) is 0 Å². The summed E-state index contributed by atoms with van der Waals surface area (Å²) in [5.74, 6) is 0.210. The summed E-state index contributed by atoms with van der Waals surface area (Å²) >= 11 is -0.414. The number of aliphatic hydroxyl groups excluding tert-OH is 1. The van der Waals surface area contributed by atoms with E-state index in [4.69, 9.17) is 4.74 Å². The first-order chi connectivity index (χ1) is 10.6. The lowest BCUT2D eigenvalue weighted by Gasteiger charge is -2.23. The molecule has 0 saturated carbocycles. The Morgan fingerprint density at radius 3 is 3.00 bits per heavy atom. The SMILES string of the molecule is CC(C=O)=CCC1=CC([C@@H](C)O)CI=C1OC1=CC=CC=I1. The Kier molecular flexibility index (Phi) is 7.36. The second kappa shape index (κ2) is 9.02. The number of halogens is 2. The molecule has 0 radical (unpaired) electrons. The van der Waals surface area contributed by atoms with Crippen LogP contribution in [0.5, 0.6) is 0 Å². The predicted molar refractivity (Wildman–Crippen MR) is 110 cm³/mol. The third-order valence-corrected chi connectivity index (χ3v) is 8.29. The van der Waals surface area contributed by atoms with Crippen LogP contribution in [-0.2, 0) is 9.53 Å². The summed E-state index contributed by atoms with van der Waals surface area (Å²) in [6, 6.07) is 0. The summed E-state index contributed by atoms with van der Waals surface area (Å²) in [5, 5.41) is 9.86. The molecule has 120 valence electrons. The molecule has 0 spiro atoms. The molecule has 1 unspecified atom stereocenters. The molecule has 0 aromatic heterocycles. The van der Waals surface area contributed by atoms with Crippen LogP contribution in [0.1, 0.15) is 20.3 Å². The molecule has 3 nitrogen and oxygen atoms in total. The Bertz CT molecular complexity index is 607. The van der Waals surface area contributed by atoms with Gasteiger partial charge in [0.2, 0.25) is 0 Å². The topological polar surface area (TPSA) is 46.5 Å². The molecule has 0 bridgehead atoms. The molecule has 0 aliphatic carbocycles. The molecule has 0 aromatic rings. The molecule has 0 fully saturated rings. The van der Waals surface area contributed by atoms with E-state index in [0.29, 0.717) is 6.42 Å². The minimum absolute atomic E-state index is 0.172. The monoisotopic (exact) mass is 526 g/mol. The number of hydrogen-bond acceptors (Lipinski definition) is 3. The third-order valence-electron chi connectivity index (χ3n) is 3.26. The largest absolute Gasteiger partial charge is 0.446 e. The van der Waals surface area contributed by atoms with Gasteiger partial charge in [0.25, 0.3) is 0 Å². The Hall–Kier alpha value is -0.410. The first-order valence-corrected chi connectivity index (χ1v) is 12.0. The summed E-state index contributed by atoms with van der Waals surface area (Å²) < 4.78 is 11.5. The lowest BCUT2D eigenvalue weighted by molar-refractivity contribution is -0.104. The van der Waals surface area contributed by atoms with Crippen molar-refractivity contribution in [2.24, 2.45) is 5.92 Å². The minimum Gasteiger partial charge on any atom is -0.446 e. The second-order valence-corrected chi connectivity index (χ2v) is 10.1. The summed E-state index contributed by atoms with van der Waals surface area (Å²) in [5.41, 5.74) is 1.88. The van der Waals surface area contributed by atoms with Gasteiger partial charge in [0, 0.05) is 15.9 Å². The Balaban J connectivity index is 2.17. The number of allylic oxidation sites excluding steroid dienone is 5. The Morgan fingerprint density at radius 2 is 2.36 bits per heavy atom. The predicted octanol–water partition coefficient (Wildman–Crippen LogP) is 3.76. The fourth-order valence-electron chi connectivity index (χ4n) is 1.89. The fourth-order valence-corrected chi connectivity index (χ4v) is 7.06. The summed E-state index contributed by atoms with van der Waals surface area (Å²) in [7, 11) is 0. The van der Waals surface area contributed by atoms with Gasteiger partial charge in [-0.2, -0.15) is 0 Å². The van der Waals surface area contributed by atoms with Crippen molar-refractivity contribution in [3.63, 3.8) is 0 Å². The maximum absolute atomic E-state index is 10.8. The van der Waals surface area contributed by atoms with Gasteiger partial charge in [-0.05, 0) is 56.7 Å². The van der Waals surface area contributed by atoms with Gasteiger partial charge in [-0.25, -0.2) is 0 Å². The molecular formula is C17H20I2O3. The van der Waals surface area contributed by atoms with Crippen molar-refractivity contribution in [1.29, 1.82) is 0 Å². The second-order valence-electron chi connectivity index (χ2n) is 5.12. The van der Waals surface area contributed by atoms with E-state index in [0.717, 1.165) is 29.3 Å². The lowest BCUT2D eigenvalue weighted by atomic mass is 10.0. The number of rotatable bonds is 6. The average Bonchev–Trinajstić information content (AvgIpc) is 2.54. The van der Waals surface area contributed by atoms with Crippen LogP contribution in [0.25, 0.3) is 0 Å². The van der Waals surface area contributed by atoms with Gasteiger partial charge in [0.05, 0.1) is 6.10 Å². The molecule has 22 heavy (non-hydrogen) atoms. The van der Waals surface area contributed by atoms with Gasteiger partial charge in [-0.1, -0.05) is 45.0 Å². The van der Waals surface area contributed by atoms with Crippen molar-refractivity contribution in [3.05, 3.63) is 45.3 Å². The fraction of sp³-hybridized carbons (Fsp3) is 0.353. The van der Waals surface area contributed by atoms with E-state index in [9.17, 15) is 9.90 Å². The zero-order chi connectivity index (χ0) is 15.9. The van der Waals surface area contributed by atoms with Crippen LogP contribution in [0.2, 0.25) is 0 Å². The van der Waals surface area contributed by atoms with E-state index >= 15 is 0 Å². The summed E-state index contributed by atoms with van der Waals surface area (Å²) in [6.45, 7) is 3.66. The van der Waals surface area contributed by atoms with E-state index < -0.39 is 0 Å². The van der Waals surface area contributed by atoms with Crippen LogP contribution in [0.3, 0.4) is 0 Å². The summed E-state index contributed by atoms with van der Waals surface area (Å²) in [4.78, 5) is 10.8. The van der Waals surface area contributed by atoms with Crippen LogP contribution in [0.15, 0.2) is 45.3 Å². The van der Waals surface area contributed by atoms with Crippen molar-refractivity contribution in [2.75, 3.05) is 4.43 Å². The highest BCUT2D eigenvalue weighted by Crippen LogP contribution is 2.31. The zero-order valence-electron chi connectivity index (χ0n) is 12.6. The number of aldehydes is 1. The molecule has 0 amide bonds. The maximum Gasteiger partial charge on any atom is 0.159 e. The van der Waals surface area contributed by atoms with Gasteiger partial charge < -0.3 is 9.84 Å². The van der Waals surface area contributed by atoms with Crippen molar-refractivity contribution in [2.45, 2.75) is 26.4 Å². The number of aliphatic hydroxyl groups is 1. The van der Waals surface area contributed by atoms with E-state index in [1.165, 1.54) is 0 Å². The van der Waals surface area contributed by atoms with E-state index in [1.807, 2.05) is 26.0 Å². The van der Waals surface area contributed by atoms with E-state index in [1.54, 1.807) is 0 Å². The van der Waals surface area contributed by atoms with Crippen LogP contribution < -0.4 is 0 Å². The molecule has 2 atom stereocenters. The van der Waals surface area contributed by atoms with Gasteiger partial charge in [0.15, 0.2) is 7.46 Å². The first-order valence-electron chi connectivity index (χ1n) is 7.08. The van der Waals surface area contributed by atoms with Crippen molar-refractivity contribution < 1.29 is 14.6 Å². The zero-order valence-corrected chi connectivity index (χ0v) is 16.9. The normalized spacial score (nSPS) is 23.3. The molecule has 2 aliphatic heterocycles. The highest BCUT2D eigenvalue weighted by molar-refractivity contribution is 14.2. The van der Waals surface area contributed by atoms with Gasteiger partial charge in [0.1, 0.15) is 6.29 Å². The molecule has 2 aliphatic rings. The van der Waals surface area contributed by atoms with E-state index in [2.05, 4.69) is 22.2 Å². The molecule has 5 heteroatoms. The molecule has 0 saturated heterocycles.